The summed E-state index contributed by atoms with van der Waals surface area (Å²) in [6, 6.07) is 9.81. The van der Waals surface area contributed by atoms with Crippen molar-refractivity contribution < 1.29 is 4.79 Å². The fraction of sp³-hybridized carbons (Fsp3) is 0.294. The second-order valence-electron chi connectivity index (χ2n) is 5.35. The van der Waals surface area contributed by atoms with Gasteiger partial charge in [-0.15, -0.1) is 24.8 Å². The van der Waals surface area contributed by atoms with E-state index in [1.54, 1.807) is 6.20 Å². The molecular formula is C17H21Cl2N3O. The minimum absolute atomic E-state index is 0. The first-order chi connectivity index (χ1) is 10.2. The average Bonchev–Trinajstić information content (AvgIpc) is 2.53. The Labute approximate surface area is 148 Å². The second kappa shape index (κ2) is 8.75. The Bertz CT molecular complexity index is 659. The number of nitrogens with zero attached hydrogens (tertiary/aromatic N) is 1. The highest BCUT2D eigenvalue weighted by atomic mass is 35.5. The summed E-state index contributed by atoms with van der Waals surface area (Å²) in [5.74, 6) is -0.0175. The molecule has 1 aromatic carbocycles. The molecule has 1 aliphatic rings. The summed E-state index contributed by atoms with van der Waals surface area (Å²) in [7, 11) is 0. The standard InChI is InChI=1S/C17H19N3O.2ClH/c1-12-7-8-13(10-19-12)11-20-17(21)15-4-2-6-16-14(15)5-3-9-18-16;;/h2,4,6-8,10,18H,3,5,9,11H2,1H3,(H,20,21);2*1H. The van der Waals surface area contributed by atoms with E-state index in [1.165, 1.54) is 0 Å². The van der Waals surface area contributed by atoms with E-state index in [-0.39, 0.29) is 30.7 Å². The van der Waals surface area contributed by atoms with Gasteiger partial charge in [0.2, 0.25) is 0 Å². The fourth-order valence-electron chi connectivity index (χ4n) is 2.60. The van der Waals surface area contributed by atoms with E-state index in [9.17, 15) is 4.79 Å². The molecule has 4 nitrogen and oxygen atoms in total. The van der Waals surface area contributed by atoms with Crippen LogP contribution in [0.2, 0.25) is 0 Å². The number of hydrogen-bond donors (Lipinski definition) is 2. The number of nitrogens with one attached hydrogen (secondary N) is 2. The van der Waals surface area contributed by atoms with E-state index in [1.807, 2.05) is 37.3 Å². The Morgan fingerprint density at radius 2 is 2.09 bits per heavy atom. The summed E-state index contributed by atoms with van der Waals surface area (Å²) in [5, 5.41) is 6.33. The van der Waals surface area contributed by atoms with Crippen molar-refractivity contribution in [1.82, 2.24) is 10.3 Å². The predicted octanol–water partition coefficient (Wildman–Crippen LogP) is 3.52. The van der Waals surface area contributed by atoms with Gasteiger partial charge in [0.15, 0.2) is 0 Å². The van der Waals surface area contributed by atoms with Crippen LogP contribution in [0, 0.1) is 6.92 Å². The van der Waals surface area contributed by atoms with Gasteiger partial charge in [-0.3, -0.25) is 9.78 Å². The number of aromatic nitrogens is 1. The van der Waals surface area contributed by atoms with Crippen LogP contribution in [0.5, 0.6) is 0 Å². The first-order valence-electron chi connectivity index (χ1n) is 7.29. The lowest BCUT2D eigenvalue weighted by Crippen LogP contribution is -2.25. The maximum atomic E-state index is 12.4. The van der Waals surface area contributed by atoms with Crippen LogP contribution in [0.15, 0.2) is 36.5 Å². The van der Waals surface area contributed by atoms with Crippen molar-refractivity contribution in [2.24, 2.45) is 0 Å². The summed E-state index contributed by atoms with van der Waals surface area (Å²) < 4.78 is 0. The maximum Gasteiger partial charge on any atom is 0.251 e. The minimum atomic E-state index is -0.0175. The highest BCUT2D eigenvalue weighted by Gasteiger charge is 2.16. The Kier molecular flexibility index (Phi) is 7.33. The summed E-state index contributed by atoms with van der Waals surface area (Å²) in [6.07, 6.45) is 3.83. The van der Waals surface area contributed by atoms with Crippen LogP contribution < -0.4 is 10.6 Å². The van der Waals surface area contributed by atoms with Crippen molar-refractivity contribution in [2.45, 2.75) is 26.3 Å². The summed E-state index contributed by atoms with van der Waals surface area (Å²) in [6.45, 7) is 3.43. The van der Waals surface area contributed by atoms with Gasteiger partial charge in [0.05, 0.1) is 0 Å². The van der Waals surface area contributed by atoms with E-state index in [0.717, 1.165) is 47.5 Å². The maximum absolute atomic E-state index is 12.4. The van der Waals surface area contributed by atoms with Crippen molar-refractivity contribution in [2.75, 3.05) is 11.9 Å². The van der Waals surface area contributed by atoms with Gasteiger partial charge in [-0.1, -0.05) is 12.1 Å². The first kappa shape index (κ1) is 19.3. The molecule has 0 saturated heterocycles. The number of anilines is 1. The number of hydrogen-bond acceptors (Lipinski definition) is 3. The molecule has 3 rings (SSSR count). The van der Waals surface area contributed by atoms with Crippen LogP contribution in [0.25, 0.3) is 0 Å². The van der Waals surface area contributed by atoms with E-state index in [0.29, 0.717) is 6.54 Å². The van der Waals surface area contributed by atoms with Gasteiger partial charge in [0, 0.05) is 36.2 Å². The first-order valence-corrected chi connectivity index (χ1v) is 7.29. The Balaban J connectivity index is 0.00000132. The molecule has 0 radical (unpaired) electrons. The zero-order chi connectivity index (χ0) is 14.7. The quantitative estimate of drug-likeness (QED) is 0.887. The topological polar surface area (TPSA) is 54.0 Å². The van der Waals surface area contributed by atoms with Gasteiger partial charge in [-0.2, -0.15) is 0 Å². The monoisotopic (exact) mass is 353 g/mol. The fourth-order valence-corrected chi connectivity index (χ4v) is 2.60. The normalized spacial score (nSPS) is 12.0. The highest BCUT2D eigenvalue weighted by molar-refractivity contribution is 5.97. The number of aryl methyl sites for hydroxylation is 1. The molecule has 0 spiro atoms. The van der Waals surface area contributed by atoms with Gasteiger partial charge in [0.25, 0.3) is 5.91 Å². The third-order valence-corrected chi connectivity index (χ3v) is 3.77. The van der Waals surface area contributed by atoms with Gasteiger partial charge in [0.1, 0.15) is 0 Å². The summed E-state index contributed by atoms with van der Waals surface area (Å²) in [5.41, 5.74) is 4.99. The number of pyridine rings is 1. The van der Waals surface area contributed by atoms with Crippen molar-refractivity contribution in [1.29, 1.82) is 0 Å². The third kappa shape index (κ3) is 4.60. The van der Waals surface area contributed by atoms with Gasteiger partial charge in [-0.25, -0.2) is 0 Å². The average molecular weight is 354 g/mol. The number of carbonyl (C=O) groups is 1. The predicted molar refractivity (Wildman–Crippen MR) is 97.9 cm³/mol. The summed E-state index contributed by atoms with van der Waals surface area (Å²) in [4.78, 5) is 16.6. The number of benzene rings is 1. The van der Waals surface area contributed by atoms with E-state index in [4.69, 9.17) is 0 Å². The van der Waals surface area contributed by atoms with Gasteiger partial charge >= 0.3 is 0 Å². The molecule has 23 heavy (non-hydrogen) atoms. The van der Waals surface area contributed by atoms with Crippen LogP contribution in [-0.4, -0.2) is 17.4 Å². The lowest BCUT2D eigenvalue weighted by Gasteiger charge is -2.20. The van der Waals surface area contributed by atoms with Crippen LogP contribution >= 0.6 is 24.8 Å². The SMILES string of the molecule is Cc1ccc(CNC(=O)c2cccc3c2CCCN3)cn1.Cl.Cl. The molecule has 0 aliphatic carbocycles. The van der Waals surface area contributed by atoms with Crippen molar-refractivity contribution >= 4 is 36.4 Å². The van der Waals surface area contributed by atoms with E-state index < -0.39 is 0 Å². The molecule has 0 saturated carbocycles. The summed E-state index contributed by atoms with van der Waals surface area (Å²) >= 11 is 0. The molecule has 0 bridgehead atoms. The molecule has 1 amide bonds. The number of fused-ring (bicyclic) bond motifs is 1. The second-order valence-corrected chi connectivity index (χ2v) is 5.35. The van der Waals surface area contributed by atoms with Crippen molar-refractivity contribution in [3.05, 3.63) is 58.9 Å². The molecule has 124 valence electrons. The number of carbonyl (C=O) groups excluding carboxylic acids is 1. The zero-order valence-electron chi connectivity index (χ0n) is 13.0. The van der Waals surface area contributed by atoms with E-state index >= 15 is 0 Å². The molecule has 6 heteroatoms. The Morgan fingerprint density at radius 1 is 1.26 bits per heavy atom. The Hall–Kier alpha value is -1.78. The van der Waals surface area contributed by atoms with E-state index in [2.05, 4.69) is 15.6 Å². The lowest BCUT2D eigenvalue weighted by molar-refractivity contribution is 0.0950. The largest absolute Gasteiger partial charge is 0.385 e. The van der Waals surface area contributed by atoms with Crippen molar-refractivity contribution in [3.63, 3.8) is 0 Å². The molecule has 2 heterocycles. The molecule has 0 atom stereocenters. The smallest absolute Gasteiger partial charge is 0.251 e. The number of halogens is 2. The van der Waals surface area contributed by atoms with Crippen LogP contribution in [0.1, 0.15) is 33.6 Å². The number of amides is 1. The van der Waals surface area contributed by atoms with Crippen LogP contribution in [0.4, 0.5) is 5.69 Å². The highest BCUT2D eigenvalue weighted by Crippen LogP contribution is 2.25. The van der Waals surface area contributed by atoms with Gasteiger partial charge < -0.3 is 10.6 Å². The molecular weight excluding hydrogens is 333 g/mol. The molecule has 1 aliphatic heterocycles. The molecule has 0 fully saturated rings. The van der Waals surface area contributed by atoms with Crippen LogP contribution in [-0.2, 0) is 13.0 Å². The molecule has 2 N–H and O–H groups in total. The lowest BCUT2D eigenvalue weighted by atomic mass is 9.97. The van der Waals surface area contributed by atoms with Crippen molar-refractivity contribution in [3.8, 4) is 0 Å². The number of rotatable bonds is 3. The minimum Gasteiger partial charge on any atom is -0.385 e. The van der Waals surface area contributed by atoms with Gasteiger partial charge in [-0.05, 0) is 49.1 Å². The molecule has 0 unspecified atom stereocenters. The zero-order valence-corrected chi connectivity index (χ0v) is 14.6. The Morgan fingerprint density at radius 3 is 2.83 bits per heavy atom. The molecule has 2 aromatic rings. The van der Waals surface area contributed by atoms with Crippen LogP contribution in [0.3, 0.4) is 0 Å². The third-order valence-electron chi connectivity index (χ3n) is 3.77. The molecule has 1 aromatic heterocycles.